The van der Waals surface area contributed by atoms with E-state index in [1.807, 2.05) is 122 Å². The van der Waals surface area contributed by atoms with Crippen LogP contribution in [0.1, 0.15) is 74.5 Å². The Bertz CT molecular complexity index is 2360. The zero-order chi connectivity index (χ0) is 49.1. The number of likely N-dealkylation sites (N-methyl/N-ethyl adjacent to an activating group) is 1. The average molecular weight is 1050 g/mol. The maximum absolute atomic E-state index is 14.4. The minimum absolute atomic E-state index is 0.0910. The minimum atomic E-state index is -3.22. The third-order valence-corrected chi connectivity index (χ3v) is 16.9. The van der Waals surface area contributed by atoms with E-state index in [1.54, 1.807) is 19.1 Å². The number of hydrogen-bond acceptors (Lipinski definition) is 10. The Morgan fingerprint density at radius 1 is 0.971 bits per heavy atom. The first-order valence-corrected chi connectivity index (χ1v) is 27.2. The molecule has 0 aromatic heterocycles. The predicted molar refractivity (Wildman–Crippen MR) is 281 cm³/mol. The highest BCUT2D eigenvalue weighted by Crippen LogP contribution is 2.45. The van der Waals surface area contributed by atoms with Crippen LogP contribution < -0.4 is 23.8 Å². The normalized spacial score (nSPS) is 22.9. The van der Waals surface area contributed by atoms with Gasteiger partial charge < -0.3 is 35.0 Å². The van der Waals surface area contributed by atoms with Crippen molar-refractivity contribution in [3.05, 3.63) is 119 Å². The van der Waals surface area contributed by atoms with E-state index in [0.29, 0.717) is 49.1 Å². The van der Waals surface area contributed by atoms with E-state index >= 15 is 0 Å². The Hall–Kier alpha value is -4.58. The van der Waals surface area contributed by atoms with Crippen molar-refractivity contribution >= 4 is 41.3 Å². The fraction of sp³-hybridized carbons (Fsp3) is 0.500. The molecule has 1 unspecified atom stereocenters. The Labute approximate surface area is 411 Å². The summed E-state index contributed by atoms with van der Waals surface area (Å²) in [5.41, 5.74) is 6.15. The van der Waals surface area contributed by atoms with E-state index in [4.69, 9.17) is 14.3 Å². The molecular formula is C54H75IN6O7. The van der Waals surface area contributed by atoms with Crippen molar-refractivity contribution in [2.75, 3.05) is 59.9 Å². The van der Waals surface area contributed by atoms with E-state index in [0.717, 1.165) is 46.3 Å². The van der Waals surface area contributed by atoms with E-state index in [9.17, 15) is 17.8 Å². The monoisotopic (exact) mass is 1050 g/mol. The van der Waals surface area contributed by atoms with Crippen LogP contribution in [0.15, 0.2) is 97.1 Å². The number of ether oxygens (including phenoxy) is 2. The molecule has 13 nitrogen and oxygen atoms in total. The number of anilines is 1. The SMILES string of the molecule is COc1c(CN2O[C@@H](CO)[C@@H]([C@H](C)OC(=O)NCCc3ccccc3)C2C=I(=O)N[C@H]2CCC(C)(C)[C@@H](C)[C@@H]2C)cccc1-c1cc(C(=O)N[C@@H](Cc2ccccc2)CN(C)C)cc(N(C)C)c1. The summed E-state index contributed by atoms with van der Waals surface area (Å²) < 4.78 is 32.1. The molecule has 6 rings (SSSR count). The molecule has 1 aliphatic heterocycles. The molecule has 1 saturated heterocycles. The van der Waals surface area contributed by atoms with Crippen LogP contribution in [0.25, 0.3) is 11.1 Å². The highest BCUT2D eigenvalue weighted by atomic mass is 127. The number of aliphatic hydroxyl groups is 1. The second-order valence-electron chi connectivity index (χ2n) is 19.8. The van der Waals surface area contributed by atoms with Crippen molar-refractivity contribution < 1.29 is 32.1 Å². The van der Waals surface area contributed by atoms with Gasteiger partial charge in [-0.25, -0.2) is 8.32 Å². The van der Waals surface area contributed by atoms with Gasteiger partial charge in [0, 0.05) is 71.6 Å². The number of halogens is 1. The largest absolute Gasteiger partial charge is 0.496 e. The fourth-order valence-electron chi connectivity index (χ4n) is 9.79. The predicted octanol–water partition coefficient (Wildman–Crippen LogP) is 8.40. The summed E-state index contributed by atoms with van der Waals surface area (Å²) in [4.78, 5) is 38.1. The molecule has 2 amide bonds. The third-order valence-electron chi connectivity index (χ3n) is 14.1. The summed E-state index contributed by atoms with van der Waals surface area (Å²) in [7, 11) is 9.53. The molecule has 1 aliphatic carbocycles. The van der Waals surface area contributed by atoms with Crippen LogP contribution in [0.2, 0.25) is 0 Å². The van der Waals surface area contributed by atoms with E-state index in [-0.39, 0.29) is 36.6 Å². The number of amides is 2. The van der Waals surface area contributed by atoms with Gasteiger partial charge in [-0.2, -0.15) is 5.06 Å². The maximum Gasteiger partial charge on any atom is 0.407 e. The van der Waals surface area contributed by atoms with Crippen molar-refractivity contribution in [1.82, 2.24) is 24.1 Å². The maximum atomic E-state index is 14.4. The van der Waals surface area contributed by atoms with Crippen LogP contribution in [0.5, 0.6) is 5.75 Å². The molecule has 0 spiro atoms. The van der Waals surface area contributed by atoms with Crippen molar-refractivity contribution in [1.29, 1.82) is 0 Å². The van der Waals surface area contributed by atoms with E-state index < -0.39 is 49.9 Å². The molecule has 1 heterocycles. The number of alkyl carbamates (subject to hydrolysis) is 1. The number of hydrogen-bond donors (Lipinski definition) is 4. The molecule has 4 aromatic carbocycles. The lowest BCUT2D eigenvalue weighted by Crippen LogP contribution is -2.45. The van der Waals surface area contributed by atoms with Crippen LogP contribution in [0, 0.1) is 23.2 Å². The first-order valence-electron chi connectivity index (χ1n) is 24.0. The van der Waals surface area contributed by atoms with Crippen molar-refractivity contribution in [3.8, 4) is 16.9 Å². The molecule has 0 radical (unpaired) electrons. The van der Waals surface area contributed by atoms with E-state index in [1.165, 1.54) is 0 Å². The van der Waals surface area contributed by atoms with Gasteiger partial charge in [-0.05, 0) is 98.8 Å². The second-order valence-corrected chi connectivity index (χ2v) is 22.7. The number of nitrogens with zero attached hydrogens (tertiary/aromatic N) is 3. The van der Waals surface area contributed by atoms with Gasteiger partial charge >= 0.3 is 6.09 Å². The summed E-state index contributed by atoms with van der Waals surface area (Å²) in [5.74, 6) is 0.611. The van der Waals surface area contributed by atoms with Gasteiger partial charge in [0.1, 0.15) is 18.0 Å². The fourth-order valence-corrected chi connectivity index (χ4v) is 13.2. The first-order chi connectivity index (χ1) is 32.5. The second kappa shape index (κ2) is 24.3. The van der Waals surface area contributed by atoms with Crippen LogP contribution in [-0.4, -0.2) is 116 Å². The van der Waals surface area contributed by atoms with Crippen molar-refractivity contribution in [2.24, 2.45) is 23.2 Å². The van der Waals surface area contributed by atoms with Gasteiger partial charge in [0.2, 0.25) is 0 Å². The summed E-state index contributed by atoms with van der Waals surface area (Å²) >= 11 is -3.22. The number of methoxy groups -OCH3 is 1. The molecule has 1 saturated carbocycles. The Morgan fingerprint density at radius 3 is 2.31 bits per heavy atom. The molecule has 0 bridgehead atoms. The summed E-state index contributed by atoms with van der Waals surface area (Å²) in [6.07, 6.45) is 1.24. The molecule has 370 valence electrons. The Balaban J connectivity index is 1.30. The number of rotatable bonds is 20. The highest BCUT2D eigenvalue weighted by molar-refractivity contribution is 14.2. The highest BCUT2D eigenvalue weighted by Gasteiger charge is 2.47. The molecule has 14 heteroatoms. The van der Waals surface area contributed by atoms with Gasteiger partial charge in [-0.15, -0.1) is 0 Å². The lowest BCUT2D eigenvalue weighted by molar-refractivity contribution is -0.170. The van der Waals surface area contributed by atoms with Crippen LogP contribution in [0.3, 0.4) is 0 Å². The number of carbonyl (C=O) groups excluding carboxylic acids is 2. The molecule has 4 N–H and O–H groups in total. The van der Waals surface area contributed by atoms with Gasteiger partial charge in [0.05, 0.1) is 26.3 Å². The zero-order valence-electron chi connectivity index (χ0n) is 41.7. The minimum Gasteiger partial charge on any atom is -0.496 e. The summed E-state index contributed by atoms with van der Waals surface area (Å²) in [6, 6.07) is 31.2. The average Bonchev–Trinajstić information content (AvgIpc) is 3.65. The molecule has 68 heavy (non-hydrogen) atoms. The molecular weight excluding hydrogens is 972 g/mol. The van der Waals surface area contributed by atoms with Gasteiger partial charge in [-0.1, -0.05) is 107 Å². The summed E-state index contributed by atoms with van der Waals surface area (Å²) in [6.45, 7) is 11.9. The first kappa shape index (κ1) is 52.8. The number of benzene rings is 4. The Kier molecular flexibility index (Phi) is 18.9. The number of para-hydroxylation sites is 1. The number of hydroxylamine groups is 2. The van der Waals surface area contributed by atoms with Crippen LogP contribution in [0.4, 0.5) is 10.5 Å². The lowest BCUT2D eigenvalue weighted by atomic mass is 9.63. The van der Waals surface area contributed by atoms with Gasteiger partial charge in [-0.3, -0.25) is 12.7 Å². The van der Waals surface area contributed by atoms with Gasteiger partial charge in [0.15, 0.2) is 19.6 Å². The molecule has 2 fully saturated rings. The van der Waals surface area contributed by atoms with Crippen LogP contribution in [-0.2, 0) is 32.0 Å². The van der Waals surface area contributed by atoms with Crippen LogP contribution >= 0.6 is 19.6 Å². The topological polar surface area (TPSA) is 145 Å². The van der Waals surface area contributed by atoms with Crippen molar-refractivity contribution in [3.63, 3.8) is 0 Å². The molecule has 8 atom stereocenters. The molecule has 4 aromatic rings. The number of carbonyl (C=O) groups is 2. The third kappa shape index (κ3) is 13.8. The lowest BCUT2D eigenvalue weighted by Gasteiger charge is -2.45. The van der Waals surface area contributed by atoms with E-state index in [2.05, 4.69) is 58.9 Å². The molecule has 2 aliphatic rings. The van der Waals surface area contributed by atoms with Crippen molar-refractivity contribution in [2.45, 2.75) is 97.2 Å². The summed E-state index contributed by atoms with van der Waals surface area (Å²) in [5, 5.41) is 18.8. The standard InChI is InChI=1S/C54H75IN6O7/c1-36-37(2)54(4,5)26-24-47(36)58-55(65)32-48-50(38(3)67-53(64)56-27-25-39-18-13-11-14-19-39)49(35-62)68-61(48)33-41-22-17-23-46(51(41)66-10)42-29-43(31-45(30-42)60(8)9)52(63)57-44(34-59(6)7)28-40-20-15-12-16-21-40/h11-23,29-32,36-38,44,47-50,62H,24-28,33-35H2,1-10H3,(H,56,64)(H,57,63)(H,58,65)/t36-,37-,38-,44-,47-,48?,49-,50-/m0/s1. The smallest absolute Gasteiger partial charge is 0.407 e. The zero-order valence-corrected chi connectivity index (χ0v) is 43.9. The Morgan fingerprint density at radius 2 is 1.66 bits per heavy atom. The number of aliphatic hydroxyl groups excluding tert-OH is 1. The number of nitrogens with one attached hydrogen (secondary N) is 3. The van der Waals surface area contributed by atoms with Gasteiger partial charge in [0.25, 0.3) is 5.91 Å². The quantitative estimate of drug-likeness (QED) is 0.0501.